The van der Waals surface area contributed by atoms with Crippen LogP contribution in [-0.4, -0.2) is 30.5 Å². The smallest absolute Gasteiger partial charge is 0.247 e. The predicted molar refractivity (Wildman–Crippen MR) is 96.4 cm³/mol. The summed E-state index contributed by atoms with van der Waals surface area (Å²) in [4.78, 5) is 11.9. The number of hydrazone groups is 1. The second-order valence-electron chi connectivity index (χ2n) is 5.32. The number of hydrogen-bond acceptors (Lipinski definition) is 5. The molecule has 1 atom stereocenters. The Labute approximate surface area is 154 Å². The fourth-order valence-corrected chi connectivity index (χ4v) is 2.75. The summed E-state index contributed by atoms with van der Waals surface area (Å²) in [6.45, 7) is 1.57. The predicted octanol–water partition coefficient (Wildman–Crippen LogP) is 3.73. The molecule has 3 rings (SSSR count). The van der Waals surface area contributed by atoms with Crippen molar-refractivity contribution in [3.8, 4) is 11.5 Å². The number of benzene rings is 2. The number of ether oxygens (including phenoxy) is 3. The molecule has 0 bridgehead atoms. The van der Waals surface area contributed by atoms with E-state index in [1.54, 1.807) is 7.11 Å². The van der Waals surface area contributed by atoms with Gasteiger partial charge < -0.3 is 14.2 Å². The molecule has 0 saturated carbocycles. The van der Waals surface area contributed by atoms with Crippen molar-refractivity contribution in [1.82, 2.24) is 5.01 Å². The molecule has 0 fully saturated rings. The molecule has 130 valence electrons. The lowest BCUT2D eigenvalue weighted by Crippen LogP contribution is -2.25. The first kappa shape index (κ1) is 17.3. The Morgan fingerprint density at radius 2 is 1.96 bits per heavy atom. The van der Waals surface area contributed by atoms with Crippen molar-refractivity contribution in [2.24, 2.45) is 5.10 Å². The van der Waals surface area contributed by atoms with Crippen LogP contribution in [0.1, 0.15) is 18.7 Å². The Morgan fingerprint density at radius 1 is 1.24 bits per heavy atom. The highest BCUT2D eigenvalue weighted by atomic mass is 79.9. The maximum atomic E-state index is 11.9. The summed E-state index contributed by atoms with van der Waals surface area (Å²) in [7, 11) is 1.60. The molecule has 0 spiro atoms. The van der Waals surface area contributed by atoms with E-state index < -0.39 is 6.23 Å². The van der Waals surface area contributed by atoms with Gasteiger partial charge in [-0.25, -0.2) is 0 Å². The normalized spacial score (nSPS) is 16.2. The van der Waals surface area contributed by atoms with Gasteiger partial charge in [-0.2, -0.15) is 5.01 Å². The maximum absolute atomic E-state index is 11.9. The van der Waals surface area contributed by atoms with Crippen LogP contribution in [0.25, 0.3) is 0 Å². The van der Waals surface area contributed by atoms with E-state index in [-0.39, 0.29) is 12.5 Å². The van der Waals surface area contributed by atoms with Crippen LogP contribution < -0.4 is 9.47 Å². The second kappa shape index (κ2) is 7.57. The molecule has 1 aliphatic rings. The largest absolute Gasteiger partial charge is 0.497 e. The quantitative estimate of drug-likeness (QED) is 0.761. The molecular formula is C18H17BrN2O4. The SMILES string of the molecule is COc1ccc(C2OC(COc3ccccc3Br)=NN2C(C)=O)cc1. The Bertz CT molecular complexity index is 792. The van der Waals surface area contributed by atoms with Gasteiger partial charge in [0.15, 0.2) is 6.61 Å². The topological polar surface area (TPSA) is 60.4 Å². The number of halogens is 1. The molecule has 1 unspecified atom stereocenters. The zero-order valence-electron chi connectivity index (χ0n) is 13.8. The molecule has 25 heavy (non-hydrogen) atoms. The summed E-state index contributed by atoms with van der Waals surface area (Å²) in [6.07, 6.45) is -0.610. The van der Waals surface area contributed by atoms with E-state index in [0.717, 1.165) is 15.8 Å². The van der Waals surface area contributed by atoms with Crippen LogP contribution in [0.5, 0.6) is 11.5 Å². The summed E-state index contributed by atoms with van der Waals surface area (Å²) >= 11 is 3.42. The Balaban J connectivity index is 1.73. The Kier molecular flexibility index (Phi) is 5.23. The van der Waals surface area contributed by atoms with E-state index in [1.807, 2.05) is 48.5 Å². The molecule has 7 heteroatoms. The molecule has 0 N–H and O–H groups in total. The summed E-state index contributed by atoms with van der Waals surface area (Å²) in [5, 5.41) is 5.55. The van der Waals surface area contributed by atoms with Gasteiger partial charge in [-0.3, -0.25) is 4.79 Å². The van der Waals surface area contributed by atoms with Gasteiger partial charge >= 0.3 is 0 Å². The van der Waals surface area contributed by atoms with E-state index in [0.29, 0.717) is 11.6 Å². The average Bonchev–Trinajstić information content (AvgIpc) is 3.06. The molecule has 0 saturated heterocycles. The summed E-state index contributed by atoms with van der Waals surface area (Å²) < 4.78 is 17.5. The third kappa shape index (κ3) is 3.93. The van der Waals surface area contributed by atoms with Crippen LogP contribution in [0.2, 0.25) is 0 Å². The average molecular weight is 405 g/mol. The summed E-state index contributed by atoms with van der Waals surface area (Å²) in [5.74, 6) is 1.54. The lowest BCUT2D eigenvalue weighted by Gasteiger charge is -2.19. The summed E-state index contributed by atoms with van der Waals surface area (Å²) in [5.41, 5.74) is 0.802. The van der Waals surface area contributed by atoms with E-state index in [4.69, 9.17) is 14.2 Å². The van der Waals surface area contributed by atoms with Gasteiger partial charge in [-0.1, -0.05) is 12.1 Å². The van der Waals surface area contributed by atoms with Crippen molar-refractivity contribution >= 4 is 27.7 Å². The minimum absolute atomic E-state index is 0.124. The lowest BCUT2D eigenvalue weighted by molar-refractivity contribution is -0.135. The van der Waals surface area contributed by atoms with Crippen LogP contribution in [0.15, 0.2) is 58.1 Å². The number of para-hydroxylation sites is 1. The number of amides is 1. The third-order valence-corrected chi connectivity index (χ3v) is 4.26. The van der Waals surface area contributed by atoms with Gasteiger partial charge in [0.1, 0.15) is 11.5 Å². The van der Waals surface area contributed by atoms with Gasteiger partial charge in [-0.15, -0.1) is 5.10 Å². The molecule has 1 heterocycles. The zero-order chi connectivity index (χ0) is 17.8. The first-order valence-electron chi connectivity index (χ1n) is 7.63. The maximum Gasteiger partial charge on any atom is 0.247 e. The van der Waals surface area contributed by atoms with E-state index in [2.05, 4.69) is 21.0 Å². The number of carbonyl (C=O) groups is 1. The van der Waals surface area contributed by atoms with Crippen molar-refractivity contribution in [3.05, 3.63) is 58.6 Å². The molecule has 0 aliphatic carbocycles. The van der Waals surface area contributed by atoms with Gasteiger partial charge in [-0.05, 0) is 52.3 Å². The van der Waals surface area contributed by atoms with Gasteiger partial charge in [0.2, 0.25) is 18.0 Å². The van der Waals surface area contributed by atoms with Crippen molar-refractivity contribution in [3.63, 3.8) is 0 Å². The minimum Gasteiger partial charge on any atom is -0.497 e. The van der Waals surface area contributed by atoms with Crippen molar-refractivity contribution in [1.29, 1.82) is 0 Å². The van der Waals surface area contributed by atoms with Crippen LogP contribution >= 0.6 is 15.9 Å². The Morgan fingerprint density at radius 3 is 2.60 bits per heavy atom. The highest BCUT2D eigenvalue weighted by molar-refractivity contribution is 9.10. The molecule has 6 nitrogen and oxygen atoms in total. The van der Waals surface area contributed by atoms with Gasteiger partial charge in [0.05, 0.1) is 11.6 Å². The fourth-order valence-electron chi connectivity index (χ4n) is 2.35. The van der Waals surface area contributed by atoms with Crippen molar-refractivity contribution in [2.75, 3.05) is 13.7 Å². The second-order valence-corrected chi connectivity index (χ2v) is 6.17. The molecule has 2 aromatic rings. The van der Waals surface area contributed by atoms with Gasteiger partial charge in [0.25, 0.3) is 0 Å². The third-order valence-electron chi connectivity index (χ3n) is 3.60. The first-order chi connectivity index (χ1) is 12.1. The van der Waals surface area contributed by atoms with E-state index >= 15 is 0 Å². The molecule has 0 radical (unpaired) electrons. The van der Waals surface area contributed by atoms with E-state index in [1.165, 1.54) is 11.9 Å². The Hall–Kier alpha value is -2.54. The number of methoxy groups -OCH3 is 1. The van der Waals surface area contributed by atoms with E-state index in [9.17, 15) is 4.79 Å². The number of nitrogens with zero attached hydrogens (tertiary/aromatic N) is 2. The molecular weight excluding hydrogens is 388 g/mol. The summed E-state index contributed by atoms with van der Waals surface area (Å²) in [6, 6.07) is 14.8. The minimum atomic E-state index is -0.610. The zero-order valence-corrected chi connectivity index (χ0v) is 15.4. The molecule has 0 aromatic heterocycles. The first-order valence-corrected chi connectivity index (χ1v) is 8.43. The van der Waals surface area contributed by atoms with Crippen molar-refractivity contribution < 1.29 is 19.0 Å². The molecule has 1 aliphatic heterocycles. The molecule has 1 amide bonds. The van der Waals surface area contributed by atoms with Crippen LogP contribution in [-0.2, 0) is 9.53 Å². The molecule has 2 aromatic carbocycles. The fraction of sp³-hybridized carbons (Fsp3) is 0.222. The van der Waals surface area contributed by atoms with Crippen molar-refractivity contribution in [2.45, 2.75) is 13.2 Å². The van der Waals surface area contributed by atoms with Gasteiger partial charge in [0, 0.05) is 12.5 Å². The standard InChI is InChI=1S/C18H17BrN2O4/c1-12(22)21-18(13-7-9-14(23-2)10-8-13)25-17(20-21)11-24-16-6-4-3-5-15(16)19/h3-10,18H,11H2,1-2H3. The highest BCUT2D eigenvalue weighted by Gasteiger charge is 2.32. The van der Waals surface area contributed by atoms with Crippen LogP contribution in [0.3, 0.4) is 0 Å². The monoisotopic (exact) mass is 404 g/mol. The van der Waals surface area contributed by atoms with Crippen LogP contribution in [0.4, 0.5) is 0 Å². The number of hydrogen-bond donors (Lipinski definition) is 0. The lowest BCUT2D eigenvalue weighted by atomic mass is 10.2. The number of rotatable bonds is 5. The highest BCUT2D eigenvalue weighted by Crippen LogP contribution is 2.30. The number of carbonyl (C=O) groups excluding carboxylic acids is 1. The van der Waals surface area contributed by atoms with Crippen LogP contribution in [0, 0.1) is 0 Å².